The van der Waals surface area contributed by atoms with Gasteiger partial charge in [-0.05, 0) is 12.8 Å². The van der Waals surface area contributed by atoms with Gasteiger partial charge in [-0.2, -0.15) is 5.10 Å². The minimum atomic E-state index is -1.05. The fourth-order valence-electron chi connectivity index (χ4n) is 1.43. The van der Waals surface area contributed by atoms with Crippen molar-refractivity contribution in [2.45, 2.75) is 44.7 Å². The molecule has 0 spiro atoms. The minimum Gasteiger partial charge on any atom is -0.478 e. The molecule has 1 aromatic rings. The van der Waals surface area contributed by atoms with Gasteiger partial charge in [-0.1, -0.05) is 20.3 Å². The van der Waals surface area contributed by atoms with Crippen LogP contribution in [0.3, 0.4) is 0 Å². The number of hydrogen-bond acceptors (Lipinski definition) is 4. The Balaban J connectivity index is 2.64. The van der Waals surface area contributed by atoms with Crippen molar-refractivity contribution < 1.29 is 14.7 Å². The molecule has 2 amide bonds. The van der Waals surface area contributed by atoms with Crippen LogP contribution in [-0.2, 0) is 6.54 Å². The van der Waals surface area contributed by atoms with E-state index in [1.54, 1.807) is 4.68 Å². The van der Waals surface area contributed by atoms with Gasteiger partial charge in [0.1, 0.15) is 5.56 Å². The molecule has 0 atom stereocenters. The average molecular weight is 300 g/mol. The topological polar surface area (TPSA) is 96.3 Å². The van der Waals surface area contributed by atoms with Gasteiger partial charge in [0.2, 0.25) is 0 Å². The van der Waals surface area contributed by atoms with Crippen molar-refractivity contribution in [2.75, 3.05) is 6.54 Å². The van der Waals surface area contributed by atoms with Crippen LogP contribution in [0, 0.1) is 0 Å². The number of carbonyl (C=O) groups excluding carboxylic acids is 1. The first-order valence-corrected chi connectivity index (χ1v) is 7.41. The van der Waals surface area contributed by atoms with Crippen LogP contribution in [-0.4, -0.2) is 33.4 Å². The molecule has 0 radical (unpaired) electrons. The normalized spacial score (nSPS) is 10.3. The van der Waals surface area contributed by atoms with Gasteiger partial charge in [0.15, 0.2) is 5.03 Å². The fraction of sp³-hybridized carbons (Fsp3) is 0.583. The molecule has 112 valence electrons. The molecular weight excluding hydrogens is 280 g/mol. The molecule has 20 heavy (non-hydrogen) atoms. The van der Waals surface area contributed by atoms with E-state index >= 15 is 0 Å². The monoisotopic (exact) mass is 300 g/mol. The van der Waals surface area contributed by atoms with Crippen molar-refractivity contribution >= 4 is 23.9 Å². The van der Waals surface area contributed by atoms with Gasteiger partial charge >= 0.3 is 12.0 Å². The van der Waals surface area contributed by atoms with E-state index in [2.05, 4.69) is 22.1 Å². The number of aromatic nitrogens is 2. The largest absolute Gasteiger partial charge is 0.478 e. The number of urea groups is 1. The zero-order valence-corrected chi connectivity index (χ0v) is 12.5. The van der Waals surface area contributed by atoms with Crippen molar-refractivity contribution in [1.29, 1.82) is 0 Å². The molecule has 7 nitrogen and oxygen atoms in total. The van der Waals surface area contributed by atoms with Crippen molar-refractivity contribution in [3.05, 3.63) is 11.8 Å². The molecule has 0 aliphatic carbocycles. The van der Waals surface area contributed by atoms with Crippen molar-refractivity contribution in [3.63, 3.8) is 0 Å². The third-order valence-corrected chi connectivity index (χ3v) is 3.26. The van der Waals surface area contributed by atoms with Crippen LogP contribution in [0.5, 0.6) is 0 Å². The summed E-state index contributed by atoms with van der Waals surface area (Å²) in [4.78, 5) is 22.5. The summed E-state index contributed by atoms with van der Waals surface area (Å²) in [5, 5.41) is 16.2. The number of nitrogens with zero attached hydrogens (tertiary/aromatic N) is 2. The van der Waals surface area contributed by atoms with Gasteiger partial charge in [-0.15, -0.1) is 0 Å². The highest BCUT2D eigenvalue weighted by molar-refractivity contribution is 7.98. The van der Waals surface area contributed by atoms with Crippen LogP contribution >= 0.6 is 11.9 Å². The smallest absolute Gasteiger partial charge is 0.340 e. The predicted octanol–water partition coefficient (Wildman–Crippen LogP) is 2.10. The third-order valence-electron chi connectivity index (χ3n) is 2.47. The zero-order chi connectivity index (χ0) is 15.0. The molecule has 0 aliphatic heterocycles. The van der Waals surface area contributed by atoms with E-state index in [-0.39, 0.29) is 11.6 Å². The predicted molar refractivity (Wildman–Crippen MR) is 76.8 cm³/mol. The summed E-state index contributed by atoms with van der Waals surface area (Å²) in [6.45, 7) is 5.24. The summed E-state index contributed by atoms with van der Waals surface area (Å²) in [6.07, 6.45) is 4.26. The number of unbranched alkanes of at least 4 members (excludes halogenated alkanes) is 1. The lowest BCUT2D eigenvalue weighted by Gasteiger charge is -2.04. The van der Waals surface area contributed by atoms with E-state index in [4.69, 9.17) is 5.11 Å². The van der Waals surface area contributed by atoms with Gasteiger partial charge in [0, 0.05) is 31.2 Å². The Hall–Kier alpha value is -1.70. The Bertz CT molecular complexity index is 462. The molecule has 1 rings (SSSR count). The second kappa shape index (κ2) is 8.47. The van der Waals surface area contributed by atoms with E-state index in [0.717, 1.165) is 31.2 Å². The van der Waals surface area contributed by atoms with Gasteiger partial charge < -0.3 is 10.4 Å². The van der Waals surface area contributed by atoms with Crippen LogP contribution in [0.4, 0.5) is 4.79 Å². The standard InChI is InChI=1S/C12H20N4O3S/c1-3-5-7-16-8-9(11(17)18)10(14-16)20-15-12(19)13-6-4-2/h8H,3-7H2,1-2H3,(H,17,18)(H2,13,15,19). The number of nitrogens with one attached hydrogen (secondary N) is 2. The molecule has 0 aromatic carbocycles. The molecule has 0 bridgehead atoms. The average Bonchev–Trinajstić information content (AvgIpc) is 2.84. The lowest BCUT2D eigenvalue weighted by molar-refractivity contribution is 0.0693. The minimum absolute atomic E-state index is 0.0990. The van der Waals surface area contributed by atoms with E-state index in [0.29, 0.717) is 18.1 Å². The molecular formula is C12H20N4O3S. The van der Waals surface area contributed by atoms with Crippen molar-refractivity contribution in [2.24, 2.45) is 0 Å². The van der Waals surface area contributed by atoms with Crippen LogP contribution in [0.15, 0.2) is 11.2 Å². The van der Waals surface area contributed by atoms with Crippen molar-refractivity contribution in [3.8, 4) is 0 Å². The van der Waals surface area contributed by atoms with Crippen LogP contribution in [0.25, 0.3) is 0 Å². The molecule has 3 N–H and O–H groups in total. The van der Waals surface area contributed by atoms with E-state index in [1.165, 1.54) is 6.20 Å². The molecule has 0 aliphatic rings. The van der Waals surface area contributed by atoms with Gasteiger partial charge in [0.25, 0.3) is 0 Å². The number of carboxylic acid groups (broad SMARTS) is 1. The summed E-state index contributed by atoms with van der Waals surface area (Å²) in [5.41, 5.74) is 0.0990. The van der Waals surface area contributed by atoms with Gasteiger partial charge in [-0.3, -0.25) is 9.40 Å². The summed E-state index contributed by atoms with van der Waals surface area (Å²) >= 11 is 0.913. The summed E-state index contributed by atoms with van der Waals surface area (Å²) in [5.74, 6) is -1.05. The Labute approximate surface area is 122 Å². The number of aromatic carboxylic acids is 1. The van der Waals surface area contributed by atoms with Gasteiger partial charge in [0.05, 0.1) is 0 Å². The van der Waals surface area contributed by atoms with Crippen molar-refractivity contribution in [1.82, 2.24) is 19.8 Å². The fourth-order valence-corrected chi connectivity index (χ4v) is 2.09. The summed E-state index contributed by atoms with van der Waals surface area (Å²) < 4.78 is 4.12. The van der Waals surface area contributed by atoms with Crippen LogP contribution in [0.2, 0.25) is 0 Å². The summed E-state index contributed by atoms with van der Waals surface area (Å²) in [6, 6.07) is -0.351. The number of aryl methyl sites for hydroxylation is 1. The highest BCUT2D eigenvalue weighted by atomic mass is 32.2. The van der Waals surface area contributed by atoms with E-state index in [1.807, 2.05) is 6.92 Å². The number of rotatable bonds is 8. The first-order valence-electron chi connectivity index (χ1n) is 6.59. The molecule has 0 saturated heterocycles. The third kappa shape index (κ3) is 5.12. The van der Waals surface area contributed by atoms with Crippen LogP contribution < -0.4 is 10.0 Å². The zero-order valence-electron chi connectivity index (χ0n) is 11.7. The maximum absolute atomic E-state index is 11.4. The number of hydrogen-bond donors (Lipinski definition) is 3. The first-order chi connectivity index (χ1) is 9.58. The first kappa shape index (κ1) is 16.4. The van der Waals surface area contributed by atoms with E-state index < -0.39 is 5.97 Å². The second-order valence-corrected chi connectivity index (χ2v) is 5.02. The summed E-state index contributed by atoms with van der Waals surface area (Å²) in [7, 11) is 0. The Morgan fingerprint density at radius 1 is 1.40 bits per heavy atom. The second-order valence-electron chi connectivity index (χ2n) is 4.23. The Morgan fingerprint density at radius 3 is 2.75 bits per heavy atom. The number of carbonyl (C=O) groups is 2. The quantitative estimate of drug-likeness (QED) is 0.639. The lowest BCUT2D eigenvalue weighted by atomic mass is 10.3. The SMILES string of the molecule is CCCCn1cc(C(=O)O)c(SNC(=O)NCCC)n1. The molecule has 0 saturated carbocycles. The molecule has 1 aromatic heterocycles. The highest BCUT2D eigenvalue weighted by Gasteiger charge is 2.17. The molecule has 0 fully saturated rings. The maximum Gasteiger partial charge on any atom is 0.340 e. The number of carboxylic acids is 1. The van der Waals surface area contributed by atoms with Gasteiger partial charge in [-0.25, -0.2) is 9.59 Å². The lowest BCUT2D eigenvalue weighted by Crippen LogP contribution is -2.31. The number of amides is 2. The Morgan fingerprint density at radius 2 is 2.15 bits per heavy atom. The maximum atomic E-state index is 11.4. The molecule has 0 unspecified atom stereocenters. The Kier molecular flexibility index (Phi) is 6.92. The molecule has 1 heterocycles. The molecule has 8 heteroatoms. The van der Waals surface area contributed by atoms with Crippen LogP contribution in [0.1, 0.15) is 43.5 Å². The highest BCUT2D eigenvalue weighted by Crippen LogP contribution is 2.18. The van der Waals surface area contributed by atoms with E-state index in [9.17, 15) is 9.59 Å².